The zero-order valence-corrected chi connectivity index (χ0v) is 14.5. The van der Waals surface area contributed by atoms with E-state index in [-0.39, 0.29) is 11.8 Å². The molecule has 0 unspecified atom stereocenters. The number of anilines is 1. The van der Waals surface area contributed by atoms with Gasteiger partial charge in [-0.25, -0.2) is 0 Å². The Morgan fingerprint density at radius 3 is 2.32 bits per heavy atom. The molecule has 1 fully saturated rings. The summed E-state index contributed by atoms with van der Waals surface area (Å²) in [6.45, 7) is 5.80. The fourth-order valence-corrected chi connectivity index (χ4v) is 4.39. The van der Waals surface area contributed by atoms with Crippen molar-refractivity contribution >= 4 is 51.4 Å². The largest absolute Gasteiger partial charge is 0.311 e. The lowest BCUT2D eigenvalue weighted by Gasteiger charge is -2.30. The van der Waals surface area contributed by atoms with Crippen molar-refractivity contribution in [3.8, 4) is 0 Å². The van der Waals surface area contributed by atoms with Crippen LogP contribution in [0.5, 0.6) is 0 Å². The Morgan fingerprint density at radius 1 is 1.09 bits per heavy atom. The first-order chi connectivity index (χ1) is 10.2. The third-order valence-electron chi connectivity index (χ3n) is 3.72. The molecule has 2 aliphatic heterocycles. The average molecular weight is 332 g/mol. The highest BCUT2D eigenvalue weighted by molar-refractivity contribution is 8.26. The lowest BCUT2D eigenvalue weighted by molar-refractivity contribution is -0.125. The van der Waals surface area contributed by atoms with E-state index in [4.69, 9.17) is 12.2 Å². The van der Waals surface area contributed by atoms with Crippen molar-refractivity contribution in [2.45, 2.75) is 26.3 Å². The van der Waals surface area contributed by atoms with E-state index in [1.807, 2.05) is 45.0 Å². The van der Waals surface area contributed by atoms with E-state index in [2.05, 4.69) is 0 Å². The molecule has 114 valence electrons. The minimum absolute atomic E-state index is 0.157. The fraction of sp³-hybridized carbons (Fsp3) is 0.312. The van der Waals surface area contributed by atoms with Gasteiger partial charge < -0.3 is 4.90 Å². The maximum absolute atomic E-state index is 12.8. The molecule has 3 rings (SSSR count). The number of hydrogen-bond acceptors (Lipinski definition) is 4. The Balaban J connectivity index is 2.18. The maximum Gasteiger partial charge on any atom is 0.267 e. The summed E-state index contributed by atoms with van der Waals surface area (Å²) in [6, 6.07) is 7.50. The van der Waals surface area contributed by atoms with E-state index in [1.54, 1.807) is 16.8 Å². The van der Waals surface area contributed by atoms with Crippen molar-refractivity contribution in [3.63, 3.8) is 0 Å². The normalized spacial score (nSPS) is 21.9. The number of nitrogens with zero attached hydrogens (tertiary/aromatic N) is 2. The molecule has 2 aliphatic rings. The lowest BCUT2D eigenvalue weighted by Crippen LogP contribution is -2.44. The van der Waals surface area contributed by atoms with Crippen molar-refractivity contribution in [3.05, 3.63) is 34.7 Å². The first kappa shape index (κ1) is 15.2. The molecule has 0 saturated carbocycles. The molecular formula is C16H16N2O2S2. The van der Waals surface area contributed by atoms with Gasteiger partial charge in [0.25, 0.3) is 11.8 Å². The van der Waals surface area contributed by atoms with Crippen LogP contribution in [0.1, 0.15) is 26.3 Å². The third kappa shape index (κ3) is 2.09. The average Bonchev–Trinajstić information content (AvgIpc) is 2.85. The van der Waals surface area contributed by atoms with Gasteiger partial charge in [0.1, 0.15) is 4.32 Å². The number of carbonyl (C=O) groups is 2. The predicted molar refractivity (Wildman–Crippen MR) is 93.6 cm³/mol. The first-order valence-corrected chi connectivity index (χ1v) is 8.14. The van der Waals surface area contributed by atoms with E-state index < -0.39 is 5.54 Å². The highest BCUT2D eigenvalue weighted by Gasteiger charge is 2.44. The number of benzene rings is 1. The molecule has 0 aromatic heterocycles. The number of fused-ring (bicyclic) bond motifs is 1. The Morgan fingerprint density at radius 2 is 1.73 bits per heavy atom. The topological polar surface area (TPSA) is 40.6 Å². The summed E-state index contributed by atoms with van der Waals surface area (Å²) in [4.78, 5) is 29.0. The van der Waals surface area contributed by atoms with Gasteiger partial charge in [-0.15, -0.1) is 0 Å². The summed E-state index contributed by atoms with van der Waals surface area (Å²) in [5.41, 5.74) is 1.67. The Hall–Kier alpha value is -1.66. The molecule has 6 heteroatoms. The lowest BCUT2D eigenvalue weighted by atomic mass is 10.0. The van der Waals surface area contributed by atoms with E-state index in [0.717, 1.165) is 11.3 Å². The van der Waals surface area contributed by atoms with Crippen molar-refractivity contribution in [2.75, 3.05) is 11.9 Å². The van der Waals surface area contributed by atoms with Gasteiger partial charge in [-0.1, -0.05) is 42.2 Å². The van der Waals surface area contributed by atoms with Crippen LogP contribution in [0, 0.1) is 0 Å². The van der Waals surface area contributed by atoms with Crippen LogP contribution < -0.4 is 4.90 Å². The number of para-hydroxylation sites is 1. The van der Waals surface area contributed by atoms with Crippen molar-refractivity contribution in [2.24, 2.45) is 0 Å². The Labute approximate surface area is 139 Å². The van der Waals surface area contributed by atoms with E-state index in [9.17, 15) is 9.59 Å². The van der Waals surface area contributed by atoms with Gasteiger partial charge in [-0.3, -0.25) is 14.5 Å². The van der Waals surface area contributed by atoms with Crippen molar-refractivity contribution in [1.82, 2.24) is 4.90 Å². The van der Waals surface area contributed by atoms with Crippen LogP contribution in [0.3, 0.4) is 0 Å². The summed E-state index contributed by atoms with van der Waals surface area (Å²) in [6.07, 6.45) is 0. The summed E-state index contributed by atoms with van der Waals surface area (Å²) in [7, 11) is 1.72. The molecule has 2 heterocycles. The van der Waals surface area contributed by atoms with Gasteiger partial charge >= 0.3 is 0 Å². The van der Waals surface area contributed by atoms with Crippen LogP contribution in [-0.2, 0) is 9.59 Å². The Bertz CT molecular complexity index is 747. The highest BCUT2D eigenvalue weighted by atomic mass is 32.2. The molecule has 0 atom stereocenters. The highest BCUT2D eigenvalue weighted by Crippen LogP contribution is 2.45. The minimum Gasteiger partial charge on any atom is -0.311 e. The molecule has 22 heavy (non-hydrogen) atoms. The number of likely N-dealkylation sites (N-methyl/N-ethyl adjacent to an activating group) is 1. The molecule has 2 amide bonds. The minimum atomic E-state index is -0.406. The second-order valence-electron chi connectivity index (χ2n) is 6.26. The number of thiocarbonyl (C=S) groups is 1. The third-order valence-corrected chi connectivity index (χ3v) is 5.09. The molecule has 0 aliphatic carbocycles. The zero-order valence-electron chi connectivity index (χ0n) is 12.8. The summed E-state index contributed by atoms with van der Waals surface area (Å²) < 4.78 is 0.500. The quantitative estimate of drug-likeness (QED) is 0.541. The maximum atomic E-state index is 12.8. The van der Waals surface area contributed by atoms with Gasteiger partial charge in [0.2, 0.25) is 0 Å². The molecule has 1 aromatic carbocycles. The van der Waals surface area contributed by atoms with Gasteiger partial charge in [0.15, 0.2) is 0 Å². The molecule has 0 bridgehead atoms. The molecule has 1 aromatic rings. The van der Waals surface area contributed by atoms with Crippen molar-refractivity contribution < 1.29 is 9.59 Å². The summed E-state index contributed by atoms with van der Waals surface area (Å²) in [5.74, 6) is -0.341. The van der Waals surface area contributed by atoms with Crippen LogP contribution in [0.15, 0.2) is 29.2 Å². The van der Waals surface area contributed by atoms with Crippen LogP contribution in [0.2, 0.25) is 0 Å². The zero-order chi connectivity index (χ0) is 16.2. The predicted octanol–water partition coefficient (Wildman–Crippen LogP) is 3.03. The van der Waals surface area contributed by atoms with Crippen molar-refractivity contribution in [1.29, 1.82) is 0 Å². The number of hydrogen-bond donors (Lipinski definition) is 0. The monoisotopic (exact) mass is 332 g/mol. The van der Waals surface area contributed by atoms with Gasteiger partial charge in [-0.05, 0) is 26.8 Å². The second-order valence-corrected chi connectivity index (χ2v) is 7.91. The first-order valence-electron chi connectivity index (χ1n) is 6.91. The van der Waals surface area contributed by atoms with E-state index >= 15 is 0 Å². The molecule has 0 spiro atoms. The standard InChI is InChI=1S/C16H16N2O2S2/c1-16(2,3)18-14(20)12(22-15(18)21)11-9-7-5-6-8-10(9)17(4)13(11)19/h5-8H,1-4H3/b12-11-. The van der Waals surface area contributed by atoms with Crippen LogP contribution in [-0.4, -0.2) is 33.6 Å². The molecule has 1 saturated heterocycles. The van der Waals surface area contributed by atoms with Gasteiger partial charge in [-0.2, -0.15) is 0 Å². The molecular weight excluding hydrogens is 316 g/mol. The molecule has 0 radical (unpaired) electrons. The molecule has 0 N–H and O–H groups in total. The number of thioether (sulfide) groups is 1. The second kappa shape index (κ2) is 4.93. The van der Waals surface area contributed by atoms with E-state index in [1.165, 1.54) is 11.8 Å². The fourth-order valence-electron chi connectivity index (χ4n) is 2.69. The number of amides is 2. The summed E-state index contributed by atoms with van der Waals surface area (Å²) in [5, 5.41) is 0. The summed E-state index contributed by atoms with van der Waals surface area (Å²) >= 11 is 6.57. The van der Waals surface area contributed by atoms with Crippen LogP contribution >= 0.6 is 24.0 Å². The number of rotatable bonds is 0. The Kier molecular flexibility index (Phi) is 3.41. The smallest absolute Gasteiger partial charge is 0.267 e. The van der Waals surface area contributed by atoms with Crippen LogP contribution in [0.25, 0.3) is 5.57 Å². The number of carbonyl (C=O) groups excluding carboxylic acids is 2. The SMILES string of the molecule is CN1C(=O)/C(=C2\SC(=S)N(C(C)(C)C)C2=O)c2ccccc21. The van der Waals surface area contributed by atoms with Gasteiger partial charge in [0, 0.05) is 18.2 Å². The van der Waals surface area contributed by atoms with Gasteiger partial charge in [0.05, 0.1) is 16.2 Å². The van der Waals surface area contributed by atoms with Crippen LogP contribution in [0.4, 0.5) is 5.69 Å². The molecule has 4 nitrogen and oxygen atoms in total. The van der Waals surface area contributed by atoms with E-state index in [0.29, 0.717) is 14.8 Å².